The molecule has 0 saturated heterocycles. The number of nitrogens with one attached hydrogen (secondary N) is 1. The van der Waals surface area contributed by atoms with Crippen LogP contribution in [0.25, 0.3) is 0 Å². The zero-order chi connectivity index (χ0) is 15.6. The van der Waals surface area contributed by atoms with E-state index in [9.17, 15) is 18.7 Å². The molecule has 110 valence electrons. The van der Waals surface area contributed by atoms with Gasteiger partial charge >= 0.3 is 5.97 Å². The third-order valence-corrected chi connectivity index (χ3v) is 3.58. The van der Waals surface area contributed by atoms with E-state index < -0.39 is 23.1 Å². The molecule has 0 bridgehead atoms. The highest BCUT2D eigenvalue weighted by Gasteiger charge is 2.36. The highest BCUT2D eigenvalue weighted by atomic mass is 79.9. The smallest absolute Gasteiger partial charge is 0.333 e. The fourth-order valence-electron chi connectivity index (χ4n) is 1.95. The lowest BCUT2D eigenvalue weighted by atomic mass is 9.91. The molecule has 0 aliphatic rings. The highest BCUT2D eigenvalue weighted by Crippen LogP contribution is 2.29. The van der Waals surface area contributed by atoms with Crippen LogP contribution in [-0.2, 0) is 10.3 Å². The Morgan fingerprint density at radius 3 is 2.33 bits per heavy atom. The summed E-state index contributed by atoms with van der Waals surface area (Å²) in [4.78, 5) is 11.6. The zero-order valence-electron chi connectivity index (χ0n) is 11.0. The van der Waals surface area contributed by atoms with E-state index in [0.29, 0.717) is 11.8 Å². The molecule has 0 aromatic heterocycles. The summed E-state index contributed by atoms with van der Waals surface area (Å²) in [5, 5.41) is 12.3. The summed E-state index contributed by atoms with van der Waals surface area (Å²) < 4.78 is 27.5. The van der Waals surface area contributed by atoms with E-state index >= 15 is 0 Å². The Balaban J connectivity index is 2.47. The van der Waals surface area contributed by atoms with Crippen molar-refractivity contribution in [2.45, 2.75) is 12.5 Å². The van der Waals surface area contributed by atoms with Crippen LogP contribution in [0.3, 0.4) is 0 Å². The minimum absolute atomic E-state index is 0.00697. The topological polar surface area (TPSA) is 49.3 Å². The lowest BCUT2D eigenvalue weighted by Gasteiger charge is -2.28. The second-order valence-corrected chi connectivity index (χ2v) is 5.64. The molecule has 2 rings (SSSR count). The number of benzene rings is 2. The normalized spacial score (nSPS) is 13.5. The van der Waals surface area contributed by atoms with Gasteiger partial charge in [0.1, 0.15) is 11.6 Å². The van der Waals surface area contributed by atoms with E-state index in [0.717, 1.165) is 16.6 Å². The Morgan fingerprint density at radius 1 is 1.19 bits per heavy atom. The van der Waals surface area contributed by atoms with Crippen molar-refractivity contribution < 1.29 is 18.7 Å². The Kier molecular flexibility index (Phi) is 4.27. The van der Waals surface area contributed by atoms with Gasteiger partial charge in [-0.15, -0.1) is 0 Å². The molecule has 2 aromatic carbocycles. The Labute approximate surface area is 128 Å². The maximum Gasteiger partial charge on any atom is 0.333 e. The fraction of sp³-hybridized carbons (Fsp3) is 0.133. The minimum atomic E-state index is -1.66. The summed E-state index contributed by atoms with van der Waals surface area (Å²) in [6.45, 7) is 1.35. The number of halogens is 3. The van der Waals surface area contributed by atoms with Crippen LogP contribution in [0.4, 0.5) is 14.5 Å². The van der Waals surface area contributed by atoms with Crippen LogP contribution >= 0.6 is 15.9 Å². The van der Waals surface area contributed by atoms with Crippen LogP contribution in [0.2, 0.25) is 0 Å². The summed E-state index contributed by atoms with van der Waals surface area (Å²) in [5.74, 6) is -2.89. The number of carbonyl (C=O) groups is 1. The van der Waals surface area contributed by atoms with Crippen LogP contribution in [0.5, 0.6) is 0 Å². The Bertz CT molecular complexity index is 673. The van der Waals surface area contributed by atoms with E-state index in [1.807, 2.05) is 0 Å². The number of anilines is 1. The summed E-state index contributed by atoms with van der Waals surface area (Å²) in [7, 11) is 0. The minimum Gasteiger partial charge on any atom is -0.479 e. The average Bonchev–Trinajstić information content (AvgIpc) is 2.37. The van der Waals surface area contributed by atoms with Gasteiger partial charge in [0.05, 0.1) is 0 Å². The van der Waals surface area contributed by atoms with Crippen LogP contribution in [0, 0.1) is 11.6 Å². The van der Waals surface area contributed by atoms with E-state index in [2.05, 4.69) is 21.2 Å². The first-order chi connectivity index (χ1) is 9.81. The number of carboxylic acids is 1. The van der Waals surface area contributed by atoms with Crippen molar-refractivity contribution in [2.24, 2.45) is 0 Å². The molecule has 0 fully saturated rings. The molecule has 3 nitrogen and oxygen atoms in total. The molecular formula is C15H12BrF2NO2. The number of hydrogen-bond donors (Lipinski definition) is 2. The molecule has 0 aliphatic carbocycles. The van der Waals surface area contributed by atoms with E-state index in [1.54, 1.807) is 24.3 Å². The molecule has 0 heterocycles. The number of aliphatic carboxylic acids is 1. The molecule has 0 radical (unpaired) electrons. The molecule has 2 N–H and O–H groups in total. The van der Waals surface area contributed by atoms with Gasteiger partial charge in [0, 0.05) is 16.2 Å². The molecule has 1 atom stereocenters. The van der Waals surface area contributed by atoms with Gasteiger partial charge in [-0.1, -0.05) is 22.0 Å². The molecule has 0 saturated carbocycles. The second-order valence-electron chi connectivity index (χ2n) is 4.72. The first kappa shape index (κ1) is 15.4. The quantitative estimate of drug-likeness (QED) is 0.866. The predicted octanol–water partition coefficient (Wildman–Crippen LogP) is 4.14. The van der Waals surface area contributed by atoms with Gasteiger partial charge in [0.15, 0.2) is 5.54 Å². The molecule has 0 aliphatic heterocycles. The van der Waals surface area contributed by atoms with E-state index in [-0.39, 0.29) is 5.56 Å². The van der Waals surface area contributed by atoms with Crippen molar-refractivity contribution in [2.75, 3.05) is 5.32 Å². The van der Waals surface area contributed by atoms with Gasteiger partial charge in [0.2, 0.25) is 0 Å². The third-order valence-electron chi connectivity index (χ3n) is 3.09. The maximum atomic E-state index is 13.4. The molecule has 0 spiro atoms. The first-order valence-electron chi connectivity index (χ1n) is 6.05. The van der Waals surface area contributed by atoms with Crippen molar-refractivity contribution in [3.8, 4) is 0 Å². The monoisotopic (exact) mass is 355 g/mol. The molecule has 21 heavy (non-hydrogen) atoms. The maximum absolute atomic E-state index is 13.4. The van der Waals surface area contributed by atoms with Crippen molar-refractivity contribution in [1.29, 1.82) is 0 Å². The van der Waals surface area contributed by atoms with Crippen LogP contribution in [0.1, 0.15) is 12.5 Å². The van der Waals surface area contributed by atoms with Crippen LogP contribution < -0.4 is 5.32 Å². The van der Waals surface area contributed by atoms with Crippen molar-refractivity contribution in [1.82, 2.24) is 0 Å². The Hall–Kier alpha value is -1.95. The summed E-state index contributed by atoms with van der Waals surface area (Å²) in [5.41, 5.74) is -1.16. The van der Waals surface area contributed by atoms with Gasteiger partial charge in [-0.05, 0) is 42.8 Å². The van der Waals surface area contributed by atoms with Crippen molar-refractivity contribution >= 4 is 27.6 Å². The van der Waals surface area contributed by atoms with Gasteiger partial charge in [-0.25, -0.2) is 13.6 Å². The largest absolute Gasteiger partial charge is 0.479 e. The molecule has 2 aromatic rings. The Morgan fingerprint density at radius 2 is 1.81 bits per heavy atom. The average molecular weight is 356 g/mol. The number of carboxylic acid groups (broad SMARTS) is 1. The first-order valence-corrected chi connectivity index (χ1v) is 6.84. The van der Waals surface area contributed by atoms with Crippen molar-refractivity contribution in [3.05, 3.63) is 64.1 Å². The van der Waals surface area contributed by atoms with Crippen molar-refractivity contribution in [3.63, 3.8) is 0 Å². The molecule has 6 heteroatoms. The van der Waals surface area contributed by atoms with E-state index in [4.69, 9.17) is 0 Å². The lowest BCUT2D eigenvalue weighted by Crippen LogP contribution is -2.40. The second kappa shape index (κ2) is 5.81. The SMILES string of the molecule is CC(Nc1cccc(Br)c1)(C(=O)O)c1cc(F)cc(F)c1. The van der Waals surface area contributed by atoms with Gasteiger partial charge in [-0.3, -0.25) is 0 Å². The third kappa shape index (κ3) is 3.39. The van der Waals surface area contributed by atoms with Gasteiger partial charge < -0.3 is 10.4 Å². The summed E-state index contributed by atoms with van der Waals surface area (Å²) in [6, 6.07) is 9.56. The molecule has 1 unspecified atom stereocenters. The molecule has 0 amide bonds. The number of hydrogen-bond acceptors (Lipinski definition) is 2. The van der Waals surface area contributed by atoms with Crippen LogP contribution in [0.15, 0.2) is 46.9 Å². The van der Waals surface area contributed by atoms with Gasteiger partial charge in [-0.2, -0.15) is 0 Å². The standard InChI is InChI=1S/C15H12BrF2NO2/c1-15(14(20)21,9-5-11(17)8-12(18)6-9)19-13-4-2-3-10(16)7-13/h2-8,19H,1H3,(H,20,21). The predicted molar refractivity (Wildman–Crippen MR) is 79.1 cm³/mol. The summed E-state index contributed by atoms with van der Waals surface area (Å²) >= 11 is 3.28. The van der Waals surface area contributed by atoms with Crippen LogP contribution in [-0.4, -0.2) is 11.1 Å². The van der Waals surface area contributed by atoms with E-state index in [1.165, 1.54) is 6.92 Å². The zero-order valence-corrected chi connectivity index (χ0v) is 12.6. The fourth-order valence-corrected chi connectivity index (χ4v) is 2.35. The summed E-state index contributed by atoms with van der Waals surface area (Å²) in [6.07, 6.45) is 0. The molecular weight excluding hydrogens is 344 g/mol. The number of rotatable bonds is 4. The highest BCUT2D eigenvalue weighted by molar-refractivity contribution is 9.10. The van der Waals surface area contributed by atoms with Gasteiger partial charge in [0.25, 0.3) is 0 Å². The lowest BCUT2D eigenvalue weighted by molar-refractivity contribution is -0.142.